The van der Waals surface area contributed by atoms with E-state index in [9.17, 15) is 4.79 Å². The molecule has 1 saturated heterocycles. The lowest BCUT2D eigenvalue weighted by molar-refractivity contribution is -0.135. The van der Waals surface area contributed by atoms with Gasteiger partial charge in [-0.1, -0.05) is 13.3 Å². The highest BCUT2D eigenvalue weighted by atomic mass is 35.5. The molecule has 1 amide bonds. The lowest BCUT2D eigenvalue weighted by atomic mass is 9.69. The Kier molecular flexibility index (Phi) is 4.41. The van der Waals surface area contributed by atoms with Gasteiger partial charge in [0.05, 0.1) is 0 Å². The van der Waals surface area contributed by atoms with E-state index in [2.05, 4.69) is 17.6 Å². The molecule has 1 saturated carbocycles. The van der Waals surface area contributed by atoms with Gasteiger partial charge in [-0.15, -0.1) is 12.4 Å². The molecule has 0 aromatic heterocycles. The Bertz CT molecular complexity index is 223. The highest BCUT2D eigenvalue weighted by molar-refractivity contribution is 5.85. The Morgan fingerprint density at radius 2 is 2.13 bits per heavy atom. The first-order valence-electron chi connectivity index (χ1n) is 5.72. The van der Waals surface area contributed by atoms with Gasteiger partial charge in [0.2, 0.25) is 5.91 Å². The molecule has 2 aliphatic rings. The van der Waals surface area contributed by atoms with Gasteiger partial charge >= 0.3 is 0 Å². The second-order valence-electron chi connectivity index (χ2n) is 4.93. The first-order chi connectivity index (χ1) is 6.71. The van der Waals surface area contributed by atoms with Crippen LogP contribution in [0.15, 0.2) is 0 Å². The van der Waals surface area contributed by atoms with Gasteiger partial charge in [0.15, 0.2) is 0 Å². The van der Waals surface area contributed by atoms with E-state index in [1.165, 1.54) is 12.8 Å². The van der Waals surface area contributed by atoms with Crippen molar-refractivity contribution in [2.75, 3.05) is 13.1 Å². The quantitative estimate of drug-likeness (QED) is 0.757. The molecule has 15 heavy (non-hydrogen) atoms. The number of hydrogen-bond acceptors (Lipinski definition) is 2. The van der Waals surface area contributed by atoms with E-state index >= 15 is 0 Å². The summed E-state index contributed by atoms with van der Waals surface area (Å²) in [5.41, 5.74) is -0.0442. The summed E-state index contributed by atoms with van der Waals surface area (Å²) in [6.07, 6.45) is 5.67. The third-order valence-corrected chi connectivity index (χ3v) is 3.64. The highest BCUT2D eigenvalue weighted by Gasteiger charge is 2.39. The van der Waals surface area contributed by atoms with Crippen molar-refractivity contribution in [3.8, 4) is 0 Å². The topological polar surface area (TPSA) is 41.1 Å². The molecule has 88 valence electrons. The third-order valence-electron chi connectivity index (χ3n) is 3.64. The fraction of sp³-hybridized carbons (Fsp3) is 0.909. The van der Waals surface area contributed by atoms with Crippen LogP contribution in [0.4, 0.5) is 0 Å². The van der Waals surface area contributed by atoms with E-state index in [1.54, 1.807) is 0 Å². The average molecular weight is 233 g/mol. The Morgan fingerprint density at radius 1 is 1.40 bits per heavy atom. The van der Waals surface area contributed by atoms with Gasteiger partial charge in [-0.3, -0.25) is 4.79 Å². The van der Waals surface area contributed by atoms with Gasteiger partial charge in [0.25, 0.3) is 0 Å². The van der Waals surface area contributed by atoms with Crippen molar-refractivity contribution >= 4 is 18.3 Å². The van der Waals surface area contributed by atoms with E-state index in [0.717, 1.165) is 32.4 Å². The number of hydrogen-bond donors (Lipinski definition) is 2. The van der Waals surface area contributed by atoms with E-state index in [-0.39, 0.29) is 23.7 Å². The number of amides is 1. The van der Waals surface area contributed by atoms with Crippen molar-refractivity contribution in [1.82, 2.24) is 10.6 Å². The molecule has 3 nitrogen and oxygen atoms in total. The van der Waals surface area contributed by atoms with Crippen molar-refractivity contribution in [3.63, 3.8) is 0 Å². The standard InChI is InChI=1S/C11H20N2O.ClH/c1-11(5-3-6-11)10(14)13-9-4-2-7-12-8-9;/h9,12H,2-8H2,1H3,(H,13,14);1H/t9-;/m0./s1. The van der Waals surface area contributed by atoms with Crippen LogP contribution in [0.3, 0.4) is 0 Å². The maximum atomic E-state index is 11.9. The minimum atomic E-state index is -0.0442. The van der Waals surface area contributed by atoms with Crippen LogP contribution in [0, 0.1) is 5.41 Å². The summed E-state index contributed by atoms with van der Waals surface area (Å²) in [6, 6.07) is 0.369. The smallest absolute Gasteiger partial charge is 0.226 e. The normalized spacial score (nSPS) is 28.5. The van der Waals surface area contributed by atoms with E-state index in [1.807, 2.05) is 0 Å². The van der Waals surface area contributed by atoms with Gasteiger partial charge in [-0.2, -0.15) is 0 Å². The minimum Gasteiger partial charge on any atom is -0.352 e. The lowest BCUT2D eigenvalue weighted by Gasteiger charge is -2.38. The predicted octanol–water partition coefficient (Wildman–Crippen LogP) is 1.47. The molecule has 2 N–H and O–H groups in total. The van der Waals surface area contributed by atoms with Gasteiger partial charge in [0, 0.05) is 18.0 Å². The van der Waals surface area contributed by atoms with Crippen LogP contribution in [0.1, 0.15) is 39.0 Å². The van der Waals surface area contributed by atoms with Crippen molar-refractivity contribution in [1.29, 1.82) is 0 Å². The Morgan fingerprint density at radius 3 is 2.60 bits per heavy atom. The number of halogens is 1. The molecule has 0 spiro atoms. The monoisotopic (exact) mass is 232 g/mol. The summed E-state index contributed by atoms with van der Waals surface area (Å²) < 4.78 is 0. The fourth-order valence-corrected chi connectivity index (χ4v) is 2.27. The summed E-state index contributed by atoms with van der Waals surface area (Å²) in [7, 11) is 0. The Balaban J connectivity index is 0.00000112. The predicted molar refractivity (Wildman–Crippen MR) is 63.2 cm³/mol. The third kappa shape index (κ3) is 2.85. The zero-order valence-electron chi connectivity index (χ0n) is 9.34. The fourth-order valence-electron chi connectivity index (χ4n) is 2.27. The summed E-state index contributed by atoms with van der Waals surface area (Å²) in [4.78, 5) is 11.9. The minimum absolute atomic E-state index is 0. The van der Waals surface area contributed by atoms with Crippen LogP contribution < -0.4 is 10.6 Å². The maximum Gasteiger partial charge on any atom is 0.226 e. The van der Waals surface area contributed by atoms with Crippen LogP contribution in [0.25, 0.3) is 0 Å². The molecule has 2 rings (SSSR count). The summed E-state index contributed by atoms with van der Waals surface area (Å²) in [6.45, 7) is 4.13. The molecule has 0 radical (unpaired) electrons. The second-order valence-corrected chi connectivity index (χ2v) is 4.93. The summed E-state index contributed by atoms with van der Waals surface area (Å²) in [5, 5.41) is 6.47. The van der Waals surface area contributed by atoms with Gasteiger partial charge in [0.1, 0.15) is 0 Å². The number of carbonyl (C=O) groups excluding carboxylic acids is 1. The highest BCUT2D eigenvalue weighted by Crippen LogP contribution is 2.40. The van der Waals surface area contributed by atoms with Crippen LogP contribution in [0.2, 0.25) is 0 Å². The molecular formula is C11H21ClN2O. The maximum absolute atomic E-state index is 11.9. The lowest BCUT2D eigenvalue weighted by Crippen LogP contribution is -2.51. The average Bonchev–Trinajstić information content (AvgIpc) is 2.15. The van der Waals surface area contributed by atoms with E-state index < -0.39 is 0 Å². The van der Waals surface area contributed by atoms with Crippen molar-refractivity contribution in [3.05, 3.63) is 0 Å². The zero-order chi connectivity index (χ0) is 10.0. The molecule has 4 heteroatoms. The number of nitrogens with one attached hydrogen (secondary N) is 2. The molecule has 0 aromatic rings. The molecule has 0 bridgehead atoms. The van der Waals surface area contributed by atoms with Crippen molar-refractivity contribution in [2.45, 2.75) is 45.1 Å². The molecule has 1 aliphatic heterocycles. The SMILES string of the molecule is CC1(C(=O)N[C@H]2CCCNC2)CCC1.Cl. The Labute approximate surface area is 97.8 Å². The molecule has 2 fully saturated rings. The first kappa shape index (κ1) is 12.8. The molecular weight excluding hydrogens is 212 g/mol. The summed E-state index contributed by atoms with van der Waals surface area (Å²) >= 11 is 0. The molecule has 0 aromatic carbocycles. The molecule has 1 heterocycles. The van der Waals surface area contributed by atoms with Crippen molar-refractivity contribution in [2.24, 2.45) is 5.41 Å². The largest absolute Gasteiger partial charge is 0.352 e. The summed E-state index contributed by atoms with van der Waals surface area (Å²) in [5.74, 6) is 0.275. The number of piperidine rings is 1. The van der Waals surface area contributed by atoms with E-state index in [0.29, 0.717) is 6.04 Å². The van der Waals surface area contributed by atoms with E-state index in [4.69, 9.17) is 0 Å². The van der Waals surface area contributed by atoms with Crippen LogP contribution in [-0.4, -0.2) is 25.0 Å². The van der Waals surface area contributed by atoms with Crippen LogP contribution in [-0.2, 0) is 4.79 Å². The van der Waals surface area contributed by atoms with Crippen LogP contribution in [0.5, 0.6) is 0 Å². The Hall–Kier alpha value is -0.280. The molecule has 0 unspecified atom stereocenters. The van der Waals surface area contributed by atoms with Gasteiger partial charge in [-0.05, 0) is 32.2 Å². The number of rotatable bonds is 2. The van der Waals surface area contributed by atoms with Crippen molar-refractivity contribution < 1.29 is 4.79 Å². The first-order valence-corrected chi connectivity index (χ1v) is 5.72. The zero-order valence-corrected chi connectivity index (χ0v) is 10.2. The molecule has 1 atom stereocenters. The van der Waals surface area contributed by atoms with Gasteiger partial charge in [-0.25, -0.2) is 0 Å². The molecule has 1 aliphatic carbocycles. The van der Waals surface area contributed by atoms with Gasteiger partial charge < -0.3 is 10.6 Å². The second kappa shape index (κ2) is 5.17. The number of carbonyl (C=O) groups is 1. The van der Waals surface area contributed by atoms with Crippen LogP contribution >= 0.6 is 12.4 Å².